The van der Waals surface area contributed by atoms with E-state index in [1.807, 2.05) is 30.3 Å². The third kappa shape index (κ3) is 4.23. The summed E-state index contributed by atoms with van der Waals surface area (Å²) >= 11 is 0. The molecule has 1 aromatic rings. The first-order chi connectivity index (χ1) is 10.9. The molecule has 23 heavy (non-hydrogen) atoms. The minimum absolute atomic E-state index is 0.248. The lowest BCUT2D eigenvalue weighted by Crippen LogP contribution is -2.31. The third-order valence-corrected chi connectivity index (χ3v) is 5.10. The normalized spacial score (nSPS) is 27.0. The molecule has 3 atom stereocenters. The zero-order valence-electron chi connectivity index (χ0n) is 13.1. The van der Waals surface area contributed by atoms with E-state index in [1.54, 1.807) is 4.90 Å². The van der Waals surface area contributed by atoms with E-state index in [-0.39, 0.29) is 18.8 Å². The molecule has 6 nitrogen and oxygen atoms in total. The topological polar surface area (TPSA) is 72.9 Å². The molecular formula is C16H21NO5S. The van der Waals surface area contributed by atoms with Crippen molar-refractivity contribution in [1.29, 1.82) is 0 Å². The Bertz CT molecular complexity index is 646. The van der Waals surface area contributed by atoms with E-state index >= 15 is 0 Å². The van der Waals surface area contributed by atoms with Crippen LogP contribution in [0.4, 0.5) is 4.79 Å². The van der Waals surface area contributed by atoms with Gasteiger partial charge in [-0.3, -0.25) is 4.18 Å². The van der Waals surface area contributed by atoms with Gasteiger partial charge in [-0.1, -0.05) is 30.3 Å². The summed E-state index contributed by atoms with van der Waals surface area (Å²) in [5, 5.41) is 0. The Kier molecular flexibility index (Phi) is 4.59. The molecule has 0 spiro atoms. The summed E-state index contributed by atoms with van der Waals surface area (Å²) in [6, 6.07) is 9.57. The second-order valence-electron chi connectivity index (χ2n) is 6.36. The number of amides is 1. The van der Waals surface area contributed by atoms with Crippen molar-refractivity contribution in [2.24, 2.45) is 11.8 Å². The van der Waals surface area contributed by atoms with Crippen molar-refractivity contribution in [2.45, 2.75) is 25.6 Å². The van der Waals surface area contributed by atoms with Gasteiger partial charge in [-0.25, -0.2) is 4.79 Å². The molecule has 1 aliphatic carbocycles. The van der Waals surface area contributed by atoms with Crippen LogP contribution in [0.15, 0.2) is 30.3 Å². The second kappa shape index (κ2) is 6.49. The molecule has 7 heteroatoms. The lowest BCUT2D eigenvalue weighted by atomic mass is 10.0. The van der Waals surface area contributed by atoms with Gasteiger partial charge in [0.15, 0.2) is 0 Å². The van der Waals surface area contributed by atoms with Crippen LogP contribution in [0.25, 0.3) is 0 Å². The molecule has 1 aromatic carbocycles. The summed E-state index contributed by atoms with van der Waals surface area (Å²) in [7, 11) is -3.41. The molecule has 1 aliphatic heterocycles. The van der Waals surface area contributed by atoms with Crippen LogP contribution in [0.5, 0.6) is 0 Å². The summed E-state index contributed by atoms with van der Waals surface area (Å²) in [6.07, 6.45) is 1.89. The summed E-state index contributed by atoms with van der Waals surface area (Å²) < 4.78 is 32.8. The molecule has 0 N–H and O–H groups in total. The highest BCUT2D eigenvalue weighted by Crippen LogP contribution is 2.40. The molecule has 126 valence electrons. The Morgan fingerprint density at radius 2 is 1.78 bits per heavy atom. The Labute approximate surface area is 136 Å². The Hall–Kier alpha value is -1.60. The van der Waals surface area contributed by atoms with Crippen LogP contribution in [-0.4, -0.2) is 44.9 Å². The second-order valence-corrected chi connectivity index (χ2v) is 7.96. The van der Waals surface area contributed by atoms with Crippen LogP contribution in [0.2, 0.25) is 0 Å². The molecule has 1 amide bonds. The Morgan fingerprint density at radius 3 is 2.35 bits per heavy atom. The number of rotatable bonds is 4. The number of carbonyl (C=O) groups is 1. The van der Waals surface area contributed by atoms with Crippen molar-refractivity contribution < 1.29 is 22.1 Å². The molecule has 1 heterocycles. The fourth-order valence-electron chi connectivity index (χ4n) is 3.53. The van der Waals surface area contributed by atoms with Crippen molar-refractivity contribution in [1.82, 2.24) is 4.90 Å². The van der Waals surface area contributed by atoms with Gasteiger partial charge >= 0.3 is 6.09 Å². The molecule has 1 saturated carbocycles. The molecule has 1 saturated heterocycles. The first-order valence-electron chi connectivity index (χ1n) is 7.74. The Morgan fingerprint density at radius 1 is 1.17 bits per heavy atom. The number of nitrogens with zero attached hydrogens (tertiary/aromatic N) is 1. The van der Waals surface area contributed by atoms with E-state index < -0.39 is 10.1 Å². The third-order valence-electron chi connectivity index (χ3n) is 4.48. The predicted octanol–water partition coefficient (Wildman–Crippen LogP) is 2.01. The number of likely N-dealkylation sites (tertiary alicyclic amines) is 1. The van der Waals surface area contributed by atoms with Crippen molar-refractivity contribution in [2.75, 3.05) is 19.3 Å². The van der Waals surface area contributed by atoms with Crippen LogP contribution in [0.1, 0.15) is 18.4 Å². The van der Waals surface area contributed by atoms with Crippen molar-refractivity contribution in [3.63, 3.8) is 0 Å². The number of carbonyl (C=O) groups excluding carboxylic acids is 1. The maximum atomic E-state index is 12.1. The van der Waals surface area contributed by atoms with Gasteiger partial charge in [0.2, 0.25) is 0 Å². The largest absolute Gasteiger partial charge is 0.445 e. The number of hydrogen-bond donors (Lipinski definition) is 0. The lowest BCUT2D eigenvalue weighted by molar-refractivity contribution is 0.0988. The standard InChI is InChI=1S/C16H21NO5S/c1-23(19,20)22-15-7-13-9-17(10-14(13)8-15)16(18)21-11-12-5-3-2-4-6-12/h2-6,13-15H,7-11H2,1H3/t13-,14?,15-/m0/s1. The van der Waals surface area contributed by atoms with Crippen molar-refractivity contribution in [3.05, 3.63) is 35.9 Å². The van der Waals surface area contributed by atoms with Gasteiger partial charge in [-0.2, -0.15) is 8.42 Å². The molecule has 1 unspecified atom stereocenters. The summed E-state index contributed by atoms with van der Waals surface area (Å²) in [5.74, 6) is 0.594. The maximum Gasteiger partial charge on any atom is 0.410 e. The van der Waals surface area contributed by atoms with Gasteiger partial charge in [-0.05, 0) is 30.2 Å². The van der Waals surface area contributed by atoms with Crippen LogP contribution < -0.4 is 0 Å². The highest BCUT2D eigenvalue weighted by molar-refractivity contribution is 7.86. The summed E-state index contributed by atoms with van der Waals surface area (Å²) in [5.41, 5.74) is 0.960. The summed E-state index contributed by atoms with van der Waals surface area (Å²) in [6.45, 7) is 1.50. The molecule has 0 bridgehead atoms. The fourth-order valence-corrected chi connectivity index (χ4v) is 4.18. The molecule has 0 radical (unpaired) electrons. The smallest absolute Gasteiger partial charge is 0.410 e. The predicted molar refractivity (Wildman–Crippen MR) is 84.1 cm³/mol. The highest BCUT2D eigenvalue weighted by Gasteiger charge is 2.44. The van der Waals surface area contributed by atoms with Crippen LogP contribution in [0, 0.1) is 11.8 Å². The highest BCUT2D eigenvalue weighted by atomic mass is 32.2. The average molecular weight is 339 g/mol. The average Bonchev–Trinajstić information content (AvgIpc) is 3.02. The number of ether oxygens (including phenoxy) is 1. The van der Waals surface area contributed by atoms with E-state index in [1.165, 1.54) is 0 Å². The zero-order chi connectivity index (χ0) is 16.4. The van der Waals surface area contributed by atoms with Crippen LogP contribution >= 0.6 is 0 Å². The van der Waals surface area contributed by atoms with Gasteiger partial charge in [0, 0.05) is 13.1 Å². The van der Waals surface area contributed by atoms with Crippen molar-refractivity contribution >= 4 is 16.2 Å². The SMILES string of the molecule is CS(=O)(=O)O[C@@H]1CC2CN(C(=O)OCc3ccccc3)C[C@@H]2C1. The monoisotopic (exact) mass is 339 g/mol. The first kappa shape index (κ1) is 16.3. The molecule has 2 aliphatic rings. The molecular weight excluding hydrogens is 318 g/mol. The Balaban J connectivity index is 1.47. The minimum Gasteiger partial charge on any atom is -0.445 e. The molecule has 0 aromatic heterocycles. The van der Waals surface area contributed by atoms with Crippen LogP contribution in [0.3, 0.4) is 0 Å². The van der Waals surface area contributed by atoms with E-state index in [4.69, 9.17) is 8.92 Å². The maximum absolute atomic E-state index is 12.1. The van der Waals surface area contributed by atoms with Gasteiger partial charge in [0.25, 0.3) is 10.1 Å². The fraction of sp³-hybridized carbons (Fsp3) is 0.562. The van der Waals surface area contributed by atoms with E-state index in [0.717, 1.165) is 11.8 Å². The van der Waals surface area contributed by atoms with E-state index in [2.05, 4.69) is 0 Å². The van der Waals surface area contributed by atoms with E-state index in [0.29, 0.717) is 37.8 Å². The van der Waals surface area contributed by atoms with Gasteiger partial charge in [-0.15, -0.1) is 0 Å². The first-order valence-corrected chi connectivity index (χ1v) is 9.56. The van der Waals surface area contributed by atoms with Gasteiger partial charge in [0.1, 0.15) is 6.61 Å². The van der Waals surface area contributed by atoms with Gasteiger partial charge < -0.3 is 9.64 Å². The molecule has 3 rings (SSSR count). The quantitative estimate of drug-likeness (QED) is 0.785. The van der Waals surface area contributed by atoms with Gasteiger partial charge in [0.05, 0.1) is 12.4 Å². The molecule has 2 fully saturated rings. The number of benzene rings is 1. The minimum atomic E-state index is -3.41. The lowest BCUT2D eigenvalue weighted by Gasteiger charge is -2.18. The van der Waals surface area contributed by atoms with Crippen molar-refractivity contribution in [3.8, 4) is 0 Å². The zero-order valence-corrected chi connectivity index (χ0v) is 13.9. The van der Waals surface area contributed by atoms with Crippen LogP contribution in [-0.2, 0) is 25.6 Å². The number of fused-ring (bicyclic) bond motifs is 1. The summed E-state index contributed by atoms with van der Waals surface area (Å²) in [4.78, 5) is 13.9. The number of hydrogen-bond acceptors (Lipinski definition) is 5. The van der Waals surface area contributed by atoms with E-state index in [9.17, 15) is 13.2 Å².